The van der Waals surface area contributed by atoms with Gasteiger partial charge in [-0.1, -0.05) is 0 Å². The van der Waals surface area contributed by atoms with Gasteiger partial charge in [0.15, 0.2) is 0 Å². The Hall–Kier alpha value is -0.800. The molecule has 0 radical (unpaired) electrons. The maximum absolute atomic E-state index is 5.50. The van der Waals surface area contributed by atoms with Gasteiger partial charge in [0.1, 0.15) is 5.76 Å². The zero-order valence-corrected chi connectivity index (χ0v) is 8.58. The molecule has 0 aromatic carbocycles. The summed E-state index contributed by atoms with van der Waals surface area (Å²) in [5.74, 6) is 0.982. The minimum absolute atomic E-state index is 0.104. The van der Waals surface area contributed by atoms with Crippen LogP contribution in [0.25, 0.3) is 0 Å². The third-order valence-corrected chi connectivity index (χ3v) is 3.02. The summed E-state index contributed by atoms with van der Waals surface area (Å²) in [7, 11) is 1.80. The zero-order chi connectivity index (χ0) is 9.86. The second-order valence-corrected chi connectivity index (χ2v) is 3.92. The third-order valence-electron chi connectivity index (χ3n) is 3.02. The summed E-state index contributed by atoms with van der Waals surface area (Å²) >= 11 is 0. The lowest BCUT2D eigenvalue weighted by Crippen LogP contribution is -2.47. The maximum Gasteiger partial charge on any atom is 0.117 e. The van der Waals surface area contributed by atoms with E-state index in [4.69, 9.17) is 9.15 Å². The molecule has 1 aromatic rings. The Bertz CT molecular complexity index is 259. The van der Waals surface area contributed by atoms with Crippen molar-refractivity contribution >= 4 is 0 Å². The maximum atomic E-state index is 5.50. The van der Waals surface area contributed by atoms with Crippen molar-refractivity contribution in [2.75, 3.05) is 13.7 Å². The Morgan fingerprint density at radius 2 is 2.43 bits per heavy atom. The van der Waals surface area contributed by atoms with E-state index in [1.165, 1.54) is 19.3 Å². The summed E-state index contributed by atoms with van der Waals surface area (Å²) in [6.07, 6.45) is 5.34. The number of hydrogen-bond acceptors (Lipinski definition) is 3. The van der Waals surface area contributed by atoms with Crippen molar-refractivity contribution in [3.8, 4) is 0 Å². The van der Waals surface area contributed by atoms with Crippen LogP contribution in [0.5, 0.6) is 0 Å². The normalized spacial score (nSPS) is 19.2. The first-order valence-electron chi connectivity index (χ1n) is 5.13. The van der Waals surface area contributed by atoms with Crippen LogP contribution >= 0.6 is 0 Å². The largest absolute Gasteiger partial charge is 0.468 e. The fraction of sp³-hybridized carbons (Fsp3) is 0.636. The molecule has 1 aromatic heterocycles. The lowest BCUT2D eigenvalue weighted by Gasteiger charge is -2.40. The number of hydrogen-bond donors (Lipinski definition) is 1. The molecule has 0 amide bonds. The molecule has 0 atom stereocenters. The molecule has 2 rings (SSSR count). The molecule has 0 bridgehead atoms. The molecule has 0 unspecified atom stereocenters. The van der Waals surface area contributed by atoms with Crippen LogP contribution in [0.15, 0.2) is 22.8 Å². The Labute approximate surface area is 84.4 Å². The molecule has 0 saturated heterocycles. The quantitative estimate of drug-likeness (QED) is 0.779. The molecule has 78 valence electrons. The highest BCUT2D eigenvalue weighted by molar-refractivity contribution is 4.98. The molecule has 3 nitrogen and oxygen atoms in total. The van der Waals surface area contributed by atoms with Gasteiger partial charge in [-0.25, -0.2) is 0 Å². The van der Waals surface area contributed by atoms with Crippen molar-refractivity contribution in [3.05, 3.63) is 24.2 Å². The van der Waals surface area contributed by atoms with Gasteiger partial charge in [0, 0.05) is 13.7 Å². The first-order valence-corrected chi connectivity index (χ1v) is 5.13. The van der Waals surface area contributed by atoms with Crippen LogP contribution in [0.1, 0.15) is 25.0 Å². The summed E-state index contributed by atoms with van der Waals surface area (Å²) in [5, 5.41) is 3.36. The van der Waals surface area contributed by atoms with Crippen LogP contribution in [0.3, 0.4) is 0 Å². The van der Waals surface area contributed by atoms with Crippen LogP contribution in [0.4, 0.5) is 0 Å². The summed E-state index contributed by atoms with van der Waals surface area (Å²) in [6, 6.07) is 3.89. The number of nitrogens with one attached hydrogen (secondary N) is 1. The molecule has 1 N–H and O–H groups in total. The first-order chi connectivity index (χ1) is 6.85. The molecule has 0 aliphatic heterocycles. The van der Waals surface area contributed by atoms with Crippen LogP contribution < -0.4 is 5.32 Å². The van der Waals surface area contributed by atoms with Gasteiger partial charge in [-0.2, -0.15) is 0 Å². The van der Waals surface area contributed by atoms with Crippen molar-refractivity contribution in [2.45, 2.75) is 31.4 Å². The standard InChI is InChI=1S/C11H17NO2/c1-13-11(5-3-6-11)9-12-8-10-4-2-7-14-10/h2,4,7,12H,3,5-6,8-9H2,1H3. The number of methoxy groups -OCH3 is 1. The Kier molecular flexibility index (Phi) is 2.89. The van der Waals surface area contributed by atoms with Gasteiger partial charge in [-0.3, -0.25) is 0 Å². The molecular formula is C11H17NO2. The molecule has 14 heavy (non-hydrogen) atoms. The van der Waals surface area contributed by atoms with E-state index in [0.717, 1.165) is 18.8 Å². The average Bonchev–Trinajstić information content (AvgIpc) is 2.62. The molecule has 1 saturated carbocycles. The summed E-state index contributed by atoms with van der Waals surface area (Å²) in [4.78, 5) is 0. The van der Waals surface area contributed by atoms with E-state index in [0.29, 0.717) is 0 Å². The summed E-state index contributed by atoms with van der Waals surface area (Å²) in [6.45, 7) is 1.71. The van der Waals surface area contributed by atoms with Crippen molar-refractivity contribution in [2.24, 2.45) is 0 Å². The van der Waals surface area contributed by atoms with Crippen molar-refractivity contribution < 1.29 is 9.15 Å². The fourth-order valence-corrected chi connectivity index (χ4v) is 1.85. The summed E-state index contributed by atoms with van der Waals surface area (Å²) < 4.78 is 10.7. The molecule has 0 spiro atoms. The molecular weight excluding hydrogens is 178 g/mol. The highest BCUT2D eigenvalue weighted by atomic mass is 16.5. The average molecular weight is 195 g/mol. The molecule has 3 heteroatoms. The second-order valence-electron chi connectivity index (χ2n) is 3.92. The highest BCUT2D eigenvalue weighted by Gasteiger charge is 2.36. The number of rotatable bonds is 5. The van der Waals surface area contributed by atoms with E-state index in [1.807, 2.05) is 12.1 Å². The van der Waals surface area contributed by atoms with Gasteiger partial charge in [0.2, 0.25) is 0 Å². The minimum Gasteiger partial charge on any atom is -0.468 e. The van der Waals surface area contributed by atoms with Crippen LogP contribution in [-0.4, -0.2) is 19.3 Å². The topological polar surface area (TPSA) is 34.4 Å². The minimum atomic E-state index is 0.104. The van der Waals surface area contributed by atoms with E-state index >= 15 is 0 Å². The van der Waals surface area contributed by atoms with Crippen molar-refractivity contribution in [1.82, 2.24) is 5.32 Å². The van der Waals surface area contributed by atoms with E-state index in [-0.39, 0.29) is 5.60 Å². The predicted molar refractivity (Wildman–Crippen MR) is 54.0 cm³/mol. The highest BCUT2D eigenvalue weighted by Crippen LogP contribution is 2.34. The number of furan rings is 1. The molecule has 1 aliphatic carbocycles. The van der Waals surface area contributed by atoms with Gasteiger partial charge in [-0.15, -0.1) is 0 Å². The van der Waals surface area contributed by atoms with E-state index in [9.17, 15) is 0 Å². The second kappa shape index (κ2) is 4.15. The molecule has 1 fully saturated rings. The lowest BCUT2D eigenvalue weighted by atomic mass is 9.80. The van der Waals surface area contributed by atoms with E-state index in [1.54, 1.807) is 13.4 Å². The Morgan fingerprint density at radius 3 is 2.93 bits per heavy atom. The van der Waals surface area contributed by atoms with E-state index < -0.39 is 0 Å². The van der Waals surface area contributed by atoms with Crippen molar-refractivity contribution in [3.63, 3.8) is 0 Å². The zero-order valence-electron chi connectivity index (χ0n) is 8.58. The van der Waals surface area contributed by atoms with Crippen LogP contribution in [-0.2, 0) is 11.3 Å². The van der Waals surface area contributed by atoms with Gasteiger partial charge in [0.05, 0.1) is 18.4 Å². The van der Waals surface area contributed by atoms with Gasteiger partial charge < -0.3 is 14.5 Å². The smallest absolute Gasteiger partial charge is 0.117 e. The van der Waals surface area contributed by atoms with Gasteiger partial charge >= 0.3 is 0 Å². The van der Waals surface area contributed by atoms with E-state index in [2.05, 4.69) is 5.32 Å². The monoisotopic (exact) mass is 195 g/mol. The molecule has 1 heterocycles. The SMILES string of the molecule is COC1(CNCc2ccco2)CCC1. The lowest BCUT2D eigenvalue weighted by molar-refractivity contribution is -0.0697. The Morgan fingerprint density at radius 1 is 1.57 bits per heavy atom. The van der Waals surface area contributed by atoms with Crippen LogP contribution in [0, 0.1) is 0 Å². The van der Waals surface area contributed by atoms with Gasteiger partial charge in [-0.05, 0) is 31.4 Å². The third kappa shape index (κ3) is 1.99. The number of ether oxygens (including phenoxy) is 1. The summed E-state index contributed by atoms with van der Waals surface area (Å²) in [5.41, 5.74) is 0.104. The molecule has 1 aliphatic rings. The predicted octanol–water partition coefficient (Wildman–Crippen LogP) is 1.94. The fourth-order valence-electron chi connectivity index (χ4n) is 1.85. The van der Waals surface area contributed by atoms with Crippen molar-refractivity contribution in [1.29, 1.82) is 0 Å². The van der Waals surface area contributed by atoms with Crippen LogP contribution in [0.2, 0.25) is 0 Å². The Balaban J connectivity index is 1.72. The first kappa shape index (κ1) is 9.74. The van der Waals surface area contributed by atoms with Gasteiger partial charge in [0.25, 0.3) is 0 Å².